The van der Waals surface area contributed by atoms with Crippen LogP contribution in [0.1, 0.15) is 16.7 Å². The zero-order valence-corrected chi connectivity index (χ0v) is 14.2. The fourth-order valence-corrected chi connectivity index (χ4v) is 2.34. The van der Waals surface area contributed by atoms with Gasteiger partial charge in [0.2, 0.25) is 0 Å². The van der Waals surface area contributed by atoms with Gasteiger partial charge in [-0.1, -0.05) is 42.5 Å². The molecule has 2 rings (SSSR count). The smallest absolute Gasteiger partial charge is 0.320 e. The molecule has 0 aliphatic carbocycles. The van der Waals surface area contributed by atoms with Crippen molar-refractivity contribution in [2.75, 3.05) is 19.9 Å². The Balaban J connectivity index is 1.89. The molecule has 0 radical (unpaired) electrons. The molecule has 0 bridgehead atoms. The molecule has 2 aromatic rings. The van der Waals surface area contributed by atoms with Crippen molar-refractivity contribution in [3.05, 3.63) is 65.2 Å². The summed E-state index contributed by atoms with van der Waals surface area (Å²) in [6, 6.07) is 15.2. The van der Waals surface area contributed by atoms with Gasteiger partial charge in [-0.3, -0.25) is 0 Å². The first-order valence-corrected chi connectivity index (χ1v) is 7.98. The predicted molar refractivity (Wildman–Crippen MR) is 93.9 cm³/mol. The van der Waals surface area contributed by atoms with Crippen LogP contribution in [0.15, 0.2) is 48.5 Å². The summed E-state index contributed by atoms with van der Waals surface area (Å²) in [5, 5.41) is 11.9. The minimum absolute atomic E-state index is 0.0832. The van der Waals surface area contributed by atoms with Gasteiger partial charge in [-0.2, -0.15) is 0 Å². The van der Waals surface area contributed by atoms with Crippen molar-refractivity contribution in [2.24, 2.45) is 0 Å². The second kappa shape index (κ2) is 8.93. The average Bonchev–Trinajstić information content (AvgIpc) is 2.59. The maximum absolute atomic E-state index is 12.3. The molecule has 0 fully saturated rings. The van der Waals surface area contributed by atoms with Gasteiger partial charge >= 0.3 is 6.03 Å². The van der Waals surface area contributed by atoms with E-state index < -0.39 is 0 Å². The number of aryl methyl sites for hydroxylation is 1. The molecule has 5 nitrogen and oxygen atoms in total. The van der Waals surface area contributed by atoms with Crippen LogP contribution in [0.4, 0.5) is 4.79 Å². The van der Waals surface area contributed by atoms with E-state index in [1.54, 1.807) is 4.90 Å². The number of amides is 2. The second-order valence-corrected chi connectivity index (χ2v) is 5.60. The van der Waals surface area contributed by atoms with Crippen molar-refractivity contribution >= 4 is 6.03 Å². The number of rotatable bonds is 7. The van der Waals surface area contributed by atoms with Crippen LogP contribution in [-0.4, -0.2) is 35.9 Å². The van der Waals surface area contributed by atoms with E-state index in [0.29, 0.717) is 6.54 Å². The fourth-order valence-electron chi connectivity index (χ4n) is 2.34. The average molecular weight is 328 g/mol. The van der Waals surface area contributed by atoms with Crippen LogP contribution < -0.4 is 10.1 Å². The number of hydrogen-bond acceptors (Lipinski definition) is 3. The number of aliphatic hydroxyl groups excluding tert-OH is 1. The molecule has 0 aliphatic heterocycles. The molecule has 2 amide bonds. The lowest BCUT2D eigenvalue weighted by Crippen LogP contribution is -2.42. The number of carbonyl (C=O) groups excluding carboxylic acids is 1. The Labute approximate surface area is 142 Å². The lowest BCUT2D eigenvalue weighted by molar-refractivity contribution is 0.164. The van der Waals surface area contributed by atoms with E-state index >= 15 is 0 Å². The molecule has 0 unspecified atom stereocenters. The Kier molecular flexibility index (Phi) is 6.63. The van der Waals surface area contributed by atoms with E-state index in [4.69, 9.17) is 4.74 Å². The summed E-state index contributed by atoms with van der Waals surface area (Å²) in [5.74, 6) is 0.757. The first-order valence-electron chi connectivity index (χ1n) is 7.98. The number of nitrogens with one attached hydrogen (secondary N) is 1. The predicted octanol–water partition coefficient (Wildman–Crippen LogP) is 2.84. The highest BCUT2D eigenvalue weighted by molar-refractivity contribution is 5.74. The van der Waals surface area contributed by atoms with E-state index in [-0.39, 0.29) is 25.9 Å². The standard InChI is InChI=1S/C19H24N2O3/c1-15-7-6-10-18(16(15)2)24-14-20-19(23)21(11-12-22)13-17-8-4-3-5-9-17/h3-10,22H,11-14H2,1-2H3,(H,20,23). The summed E-state index contributed by atoms with van der Waals surface area (Å²) in [6.07, 6.45) is 0. The van der Waals surface area contributed by atoms with Gasteiger partial charge < -0.3 is 20.1 Å². The van der Waals surface area contributed by atoms with Gasteiger partial charge in [0.1, 0.15) is 5.75 Å². The van der Waals surface area contributed by atoms with Crippen LogP contribution in [0, 0.1) is 13.8 Å². The molecule has 128 valence electrons. The van der Waals surface area contributed by atoms with Gasteiger partial charge in [0.15, 0.2) is 6.73 Å². The Hall–Kier alpha value is -2.53. The summed E-state index contributed by atoms with van der Waals surface area (Å²) >= 11 is 0. The number of urea groups is 1. The number of nitrogens with zero attached hydrogens (tertiary/aromatic N) is 1. The highest BCUT2D eigenvalue weighted by Crippen LogP contribution is 2.20. The zero-order valence-electron chi connectivity index (χ0n) is 14.2. The van der Waals surface area contributed by atoms with Crippen LogP contribution in [0.5, 0.6) is 5.75 Å². The van der Waals surface area contributed by atoms with E-state index in [9.17, 15) is 9.90 Å². The molecule has 0 heterocycles. The van der Waals surface area contributed by atoms with Gasteiger partial charge in [-0.25, -0.2) is 4.79 Å². The largest absolute Gasteiger partial charge is 0.473 e. The molecule has 24 heavy (non-hydrogen) atoms. The number of carbonyl (C=O) groups is 1. The van der Waals surface area contributed by atoms with Gasteiger partial charge in [-0.15, -0.1) is 0 Å². The molecule has 0 aliphatic rings. The molecule has 5 heteroatoms. The summed E-state index contributed by atoms with van der Waals surface area (Å²) in [7, 11) is 0. The summed E-state index contributed by atoms with van der Waals surface area (Å²) in [6.45, 7) is 4.71. The van der Waals surface area contributed by atoms with Crippen LogP contribution >= 0.6 is 0 Å². The van der Waals surface area contributed by atoms with Crippen LogP contribution in [0.2, 0.25) is 0 Å². The quantitative estimate of drug-likeness (QED) is 0.768. The van der Waals surface area contributed by atoms with Gasteiger partial charge in [0.25, 0.3) is 0 Å². The summed E-state index contributed by atoms with van der Waals surface area (Å²) in [5.41, 5.74) is 3.21. The Morgan fingerprint density at radius 1 is 1.12 bits per heavy atom. The molecule has 0 aromatic heterocycles. The first kappa shape index (κ1) is 17.8. The van der Waals surface area contributed by atoms with E-state index in [1.807, 2.05) is 62.4 Å². The van der Waals surface area contributed by atoms with E-state index in [1.165, 1.54) is 0 Å². The van der Waals surface area contributed by atoms with E-state index in [0.717, 1.165) is 22.4 Å². The van der Waals surface area contributed by atoms with Crippen LogP contribution in [0.25, 0.3) is 0 Å². The van der Waals surface area contributed by atoms with Gasteiger partial charge in [0, 0.05) is 13.1 Å². The SMILES string of the molecule is Cc1cccc(OCNC(=O)N(CCO)Cc2ccccc2)c1C. The monoisotopic (exact) mass is 328 g/mol. The van der Waals surface area contributed by atoms with Crippen molar-refractivity contribution in [1.82, 2.24) is 10.2 Å². The van der Waals surface area contributed by atoms with Crippen LogP contribution in [0.3, 0.4) is 0 Å². The molecule has 0 saturated carbocycles. The third-order valence-corrected chi connectivity index (χ3v) is 3.88. The Bertz CT molecular complexity index is 659. The number of aliphatic hydroxyl groups is 1. The minimum Gasteiger partial charge on any atom is -0.473 e. The third-order valence-electron chi connectivity index (χ3n) is 3.88. The second-order valence-electron chi connectivity index (χ2n) is 5.60. The van der Waals surface area contributed by atoms with E-state index in [2.05, 4.69) is 5.32 Å². The topological polar surface area (TPSA) is 61.8 Å². The molecule has 0 spiro atoms. The summed E-state index contributed by atoms with van der Waals surface area (Å²) in [4.78, 5) is 13.9. The van der Waals surface area contributed by atoms with Crippen molar-refractivity contribution in [3.63, 3.8) is 0 Å². The molecule has 2 N–H and O–H groups in total. The van der Waals surface area contributed by atoms with Crippen molar-refractivity contribution in [3.8, 4) is 5.75 Å². The zero-order chi connectivity index (χ0) is 17.4. The first-order chi connectivity index (χ1) is 11.6. The molecule has 0 saturated heterocycles. The number of hydrogen-bond donors (Lipinski definition) is 2. The lowest BCUT2D eigenvalue weighted by Gasteiger charge is -2.22. The number of benzene rings is 2. The number of ether oxygens (including phenoxy) is 1. The summed E-state index contributed by atoms with van der Waals surface area (Å²) < 4.78 is 5.65. The Morgan fingerprint density at radius 2 is 1.88 bits per heavy atom. The van der Waals surface area contributed by atoms with Crippen molar-refractivity contribution in [2.45, 2.75) is 20.4 Å². The van der Waals surface area contributed by atoms with Gasteiger partial charge in [-0.05, 0) is 36.6 Å². The third kappa shape index (κ3) is 4.99. The highest BCUT2D eigenvalue weighted by Gasteiger charge is 2.13. The maximum atomic E-state index is 12.3. The highest BCUT2D eigenvalue weighted by atomic mass is 16.5. The maximum Gasteiger partial charge on any atom is 0.320 e. The van der Waals surface area contributed by atoms with Crippen molar-refractivity contribution < 1.29 is 14.6 Å². The van der Waals surface area contributed by atoms with Crippen LogP contribution in [-0.2, 0) is 6.54 Å². The normalized spacial score (nSPS) is 10.3. The lowest BCUT2D eigenvalue weighted by atomic mass is 10.1. The Morgan fingerprint density at radius 3 is 2.58 bits per heavy atom. The minimum atomic E-state index is -0.266. The molecular weight excluding hydrogens is 304 g/mol. The van der Waals surface area contributed by atoms with Crippen molar-refractivity contribution in [1.29, 1.82) is 0 Å². The molecule has 2 aromatic carbocycles. The fraction of sp³-hybridized carbons (Fsp3) is 0.316. The molecular formula is C19H24N2O3. The van der Waals surface area contributed by atoms with Gasteiger partial charge in [0.05, 0.1) is 6.61 Å². The molecule has 0 atom stereocenters.